The van der Waals surface area contributed by atoms with Crippen LogP contribution in [-0.2, 0) is 23.9 Å². The second-order valence-corrected chi connectivity index (χ2v) is 8.74. The van der Waals surface area contributed by atoms with Gasteiger partial charge in [-0.2, -0.15) is 13.2 Å². The van der Waals surface area contributed by atoms with Crippen molar-refractivity contribution in [3.8, 4) is 0 Å². The molecule has 2 aromatic rings. The lowest BCUT2D eigenvalue weighted by Gasteiger charge is -2.42. The van der Waals surface area contributed by atoms with Crippen LogP contribution in [-0.4, -0.2) is 47.7 Å². The molecule has 2 aliphatic heterocycles. The highest BCUT2D eigenvalue weighted by molar-refractivity contribution is 5.70. The van der Waals surface area contributed by atoms with E-state index in [0.29, 0.717) is 25.3 Å². The van der Waals surface area contributed by atoms with Gasteiger partial charge in [0.2, 0.25) is 0 Å². The van der Waals surface area contributed by atoms with Crippen molar-refractivity contribution in [3.05, 3.63) is 70.8 Å². The maximum absolute atomic E-state index is 15.5. The van der Waals surface area contributed by atoms with Gasteiger partial charge in [0.1, 0.15) is 0 Å². The van der Waals surface area contributed by atoms with Gasteiger partial charge in [0.05, 0.1) is 24.3 Å². The third-order valence-electron chi connectivity index (χ3n) is 6.43. The van der Waals surface area contributed by atoms with E-state index < -0.39 is 36.2 Å². The number of likely N-dealkylation sites (tertiary alicyclic amines) is 1. The van der Waals surface area contributed by atoms with Gasteiger partial charge in [0, 0.05) is 25.8 Å². The Morgan fingerprint density at radius 3 is 2.38 bits per heavy atom. The number of aliphatic carboxylic acids is 1. The van der Waals surface area contributed by atoms with Gasteiger partial charge in [-0.3, -0.25) is 25.6 Å². The summed E-state index contributed by atoms with van der Waals surface area (Å²) in [5.41, 5.74) is 1.67. The molecule has 10 heteroatoms. The van der Waals surface area contributed by atoms with Crippen molar-refractivity contribution in [2.75, 3.05) is 13.2 Å². The molecule has 4 rings (SSSR count). The lowest BCUT2D eigenvalue weighted by Crippen LogP contribution is -2.68. The van der Waals surface area contributed by atoms with E-state index in [-0.39, 0.29) is 12.5 Å². The fraction of sp³-hybridized carbons (Fsp3) is 0.458. The van der Waals surface area contributed by atoms with Gasteiger partial charge in [-0.15, -0.1) is 0 Å². The zero-order chi connectivity index (χ0) is 24.3. The Balaban J connectivity index is 1.39. The van der Waals surface area contributed by atoms with Gasteiger partial charge in [0.25, 0.3) is 0 Å². The number of hydrogen-bond acceptors (Lipinski definition) is 5. The SMILES string of the molecule is O=C(O)Cc1ccc(CNC2NCNC(N3CCC[C@H]3c3ccc(C(F)(F)F)cc3)C2F)cc1. The predicted octanol–water partition coefficient (Wildman–Crippen LogP) is 3.40. The van der Waals surface area contributed by atoms with Crippen molar-refractivity contribution in [2.24, 2.45) is 0 Å². The molecule has 0 spiro atoms. The van der Waals surface area contributed by atoms with Crippen molar-refractivity contribution in [2.45, 2.75) is 56.5 Å². The Kier molecular flexibility index (Phi) is 7.51. The fourth-order valence-electron chi connectivity index (χ4n) is 4.72. The van der Waals surface area contributed by atoms with Crippen LogP contribution in [0.15, 0.2) is 48.5 Å². The molecule has 0 bridgehead atoms. The lowest BCUT2D eigenvalue weighted by molar-refractivity contribution is -0.138. The Hall–Kier alpha value is -2.53. The Morgan fingerprint density at radius 1 is 1.06 bits per heavy atom. The molecule has 2 saturated heterocycles. The van der Waals surface area contributed by atoms with E-state index in [2.05, 4.69) is 16.0 Å². The minimum absolute atomic E-state index is 0.0479. The molecule has 0 aliphatic carbocycles. The molecule has 0 radical (unpaired) electrons. The molecule has 0 amide bonds. The van der Waals surface area contributed by atoms with Crippen molar-refractivity contribution >= 4 is 5.97 Å². The zero-order valence-electron chi connectivity index (χ0n) is 18.5. The number of halogens is 4. The molecule has 2 aliphatic rings. The van der Waals surface area contributed by atoms with E-state index in [0.717, 1.165) is 36.1 Å². The van der Waals surface area contributed by atoms with Crippen molar-refractivity contribution < 1.29 is 27.5 Å². The number of benzene rings is 2. The van der Waals surface area contributed by atoms with Crippen molar-refractivity contribution in [3.63, 3.8) is 0 Å². The summed E-state index contributed by atoms with van der Waals surface area (Å²) < 4.78 is 54.3. The smallest absolute Gasteiger partial charge is 0.416 e. The minimum Gasteiger partial charge on any atom is -0.481 e. The quantitative estimate of drug-likeness (QED) is 0.456. The summed E-state index contributed by atoms with van der Waals surface area (Å²) in [7, 11) is 0. The molecule has 0 saturated carbocycles. The second-order valence-electron chi connectivity index (χ2n) is 8.74. The van der Waals surface area contributed by atoms with Gasteiger partial charge in [0.15, 0.2) is 6.17 Å². The molecular weight excluding hydrogens is 452 g/mol. The maximum atomic E-state index is 15.5. The standard InChI is InChI=1S/C24H28F4N4O2/c25-21-22(29-13-16-5-3-15(4-6-16)12-20(33)34)30-14-31-23(21)32-11-1-2-19(32)17-7-9-18(10-8-17)24(26,27)28/h3-10,19,21-23,29-31H,1-2,11-14H2,(H,33,34)/t19-,21?,22?,23?/m0/s1. The number of nitrogens with one attached hydrogen (secondary N) is 3. The Morgan fingerprint density at radius 2 is 1.74 bits per heavy atom. The summed E-state index contributed by atoms with van der Waals surface area (Å²) in [6.07, 6.45) is -5.33. The summed E-state index contributed by atoms with van der Waals surface area (Å²) in [6.45, 7) is 1.44. The van der Waals surface area contributed by atoms with Crippen LogP contribution >= 0.6 is 0 Å². The molecule has 2 heterocycles. The van der Waals surface area contributed by atoms with E-state index in [1.165, 1.54) is 12.1 Å². The largest absolute Gasteiger partial charge is 0.481 e. The van der Waals surface area contributed by atoms with Crippen LogP contribution < -0.4 is 16.0 Å². The second kappa shape index (κ2) is 10.4. The van der Waals surface area contributed by atoms with Crippen molar-refractivity contribution in [1.82, 2.24) is 20.9 Å². The number of alkyl halides is 4. The number of nitrogens with zero attached hydrogens (tertiary/aromatic N) is 1. The van der Waals surface area contributed by atoms with Crippen molar-refractivity contribution in [1.29, 1.82) is 0 Å². The average Bonchev–Trinajstić information content (AvgIpc) is 3.28. The third-order valence-corrected chi connectivity index (χ3v) is 6.43. The molecule has 2 fully saturated rings. The van der Waals surface area contributed by atoms with E-state index in [4.69, 9.17) is 5.11 Å². The normalized spacial score (nSPS) is 26.0. The third kappa shape index (κ3) is 5.75. The zero-order valence-corrected chi connectivity index (χ0v) is 18.5. The van der Waals surface area contributed by atoms with Gasteiger partial charge in [-0.05, 0) is 41.7 Å². The first-order chi connectivity index (χ1) is 16.2. The van der Waals surface area contributed by atoms with Crippen LogP contribution in [0.1, 0.15) is 41.1 Å². The van der Waals surface area contributed by atoms with Gasteiger partial charge < -0.3 is 5.11 Å². The first-order valence-electron chi connectivity index (χ1n) is 11.3. The minimum atomic E-state index is -4.38. The summed E-state index contributed by atoms with van der Waals surface area (Å²) in [5, 5.41) is 18.3. The van der Waals surface area contributed by atoms with E-state index in [1.807, 2.05) is 17.0 Å². The Labute approximate surface area is 195 Å². The van der Waals surface area contributed by atoms with E-state index >= 15 is 4.39 Å². The summed E-state index contributed by atoms with van der Waals surface area (Å²) in [6, 6.07) is 12.1. The van der Waals surface area contributed by atoms with Crippen LogP contribution in [0.2, 0.25) is 0 Å². The number of hydrogen-bond donors (Lipinski definition) is 4. The molecule has 34 heavy (non-hydrogen) atoms. The van der Waals surface area contributed by atoms with Crippen LogP contribution in [0, 0.1) is 0 Å². The van der Waals surface area contributed by atoms with E-state index in [9.17, 15) is 18.0 Å². The molecule has 6 nitrogen and oxygen atoms in total. The van der Waals surface area contributed by atoms with Crippen LogP contribution in [0.4, 0.5) is 17.6 Å². The molecule has 3 unspecified atom stereocenters. The van der Waals surface area contributed by atoms with Gasteiger partial charge in [-0.25, -0.2) is 4.39 Å². The monoisotopic (exact) mass is 480 g/mol. The highest BCUT2D eigenvalue weighted by Gasteiger charge is 2.41. The molecule has 2 aromatic carbocycles. The van der Waals surface area contributed by atoms with Crippen LogP contribution in [0.25, 0.3) is 0 Å². The molecule has 4 atom stereocenters. The molecule has 4 N–H and O–H groups in total. The number of carbonyl (C=O) groups is 1. The maximum Gasteiger partial charge on any atom is 0.416 e. The average molecular weight is 481 g/mol. The van der Waals surface area contributed by atoms with Gasteiger partial charge >= 0.3 is 12.1 Å². The summed E-state index contributed by atoms with van der Waals surface area (Å²) in [5.74, 6) is -0.896. The first kappa shape index (κ1) is 24.6. The first-order valence-corrected chi connectivity index (χ1v) is 11.3. The van der Waals surface area contributed by atoms with Crippen LogP contribution in [0.5, 0.6) is 0 Å². The number of carboxylic acids is 1. The molecular formula is C24H28F4N4O2. The summed E-state index contributed by atoms with van der Waals surface area (Å²) >= 11 is 0. The number of carboxylic acid groups (broad SMARTS) is 1. The fourth-order valence-corrected chi connectivity index (χ4v) is 4.72. The topological polar surface area (TPSA) is 76.6 Å². The number of rotatable bonds is 7. The molecule has 0 aromatic heterocycles. The van der Waals surface area contributed by atoms with E-state index in [1.54, 1.807) is 12.1 Å². The van der Waals surface area contributed by atoms with Crippen LogP contribution in [0.3, 0.4) is 0 Å². The predicted molar refractivity (Wildman–Crippen MR) is 118 cm³/mol. The lowest BCUT2D eigenvalue weighted by atomic mass is 10.0. The Bertz CT molecular complexity index is 968. The highest BCUT2D eigenvalue weighted by atomic mass is 19.4. The molecule has 184 valence electrons. The van der Waals surface area contributed by atoms with Gasteiger partial charge in [-0.1, -0.05) is 36.4 Å². The summed E-state index contributed by atoms with van der Waals surface area (Å²) in [4.78, 5) is 12.8. The highest BCUT2D eigenvalue weighted by Crippen LogP contribution is 2.36.